The van der Waals surface area contributed by atoms with Gasteiger partial charge < -0.3 is 5.11 Å². The second-order valence-electron chi connectivity index (χ2n) is 5.04. The molecule has 106 valence electrons. The molecule has 1 aromatic carbocycles. The van der Waals surface area contributed by atoms with E-state index < -0.39 is 5.72 Å². The number of rotatable bonds is 3. The van der Waals surface area contributed by atoms with E-state index in [1.165, 1.54) is 0 Å². The summed E-state index contributed by atoms with van der Waals surface area (Å²) in [7, 11) is 0. The largest absolute Gasteiger partial charge is 0.369 e. The number of halogens is 1. The van der Waals surface area contributed by atoms with Gasteiger partial charge >= 0.3 is 0 Å². The quantitative estimate of drug-likeness (QED) is 0.871. The van der Waals surface area contributed by atoms with E-state index in [1.54, 1.807) is 44.2 Å². The summed E-state index contributed by atoms with van der Waals surface area (Å²) in [5.74, 6) is -0.589. The minimum absolute atomic E-state index is 0.240. The van der Waals surface area contributed by atoms with Crippen LogP contribution in [0.25, 0.3) is 0 Å². The zero-order valence-corrected chi connectivity index (χ0v) is 12.3. The van der Waals surface area contributed by atoms with Crippen LogP contribution in [-0.2, 0) is 0 Å². The van der Waals surface area contributed by atoms with Gasteiger partial charge in [-0.25, -0.2) is 0 Å². The third-order valence-corrected chi connectivity index (χ3v) is 3.79. The van der Waals surface area contributed by atoms with Crippen LogP contribution < -0.4 is 0 Å². The SMILES string of the molecule is C=CC[C@H]1C(C)=NN(C(=O)c2ccc(Cl)cc2)[C@]1(C)O. The number of nitrogens with zero attached hydrogens (tertiary/aromatic N) is 2. The smallest absolute Gasteiger partial charge is 0.276 e. The molecule has 0 unspecified atom stereocenters. The Balaban J connectivity index is 2.31. The average Bonchev–Trinajstić information content (AvgIpc) is 2.62. The van der Waals surface area contributed by atoms with Crippen LogP contribution in [0.1, 0.15) is 30.6 Å². The third-order valence-electron chi connectivity index (χ3n) is 3.54. The highest BCUT2D eigenvalue weighted by Gasteiger charge is 2.47. The van der Waals surface area contributed by atoms with Gasteiger partial charge in [-0.15, -0.1) is 6.58 Å². The zero-order valence-electron chi connectivity index (χ0n) is 11.5. The van der Waals surface area contributed by atoms with Crippen LogP contribution in [0.4, 0.5) is 0 Å². The molecule has 2 atom stereocenters. The van der Waals surface area contributed by atoms with Gasteiger partial charge in [0.15, 0.2) is 5.72 Å². The number of allylic oxidation sites excluding steroid dienone is 1. The fourth-order valence-electron chi connectivity index (χ4n) is 2.40. The van der Waals surface area contributed by atoms with Crippen molar-refractivity contribution >= 4 is 23.2 Å². The molecular weight excluding hydrogens is 276 g/mol. The lowest BCUT2D eigenvalue weighted by Gasteiger charge is -2.32. The molecule has 1 N–H and O–H groups in total. The Morgan fingerprint density at radius 1 is 1.55 bits per heavy atom. The second kappa shape index (κ2) is 5.38. The number of hydrazone groups is 1. The number of amides is 1. The number of carbonyl (C=O) groups is 1. The van der Waals surface area contributed by atoms with Crippen molar-refractivity contribution in [3.63, 3.8) is 0 Å². The van der Waals surface area contributed by atoms with Gasteiger partial charge in [0.2, 0.25) is 0 Å². The Bertz CT molecular complexity index is 564. The van der Waals surface area contributed by atoms with Crippen LogP contribution >= 0.6 is 11.6 Å². The first-order valence-corrected chi connectivity index (χ1v) is 6.74. The predicted molar refractivity (Wildman–Crippen MR) is 79.7 cm³/mol. The van der Waals surface area contributed by atoms with Gasteiger partial charge in [-0.3, -0.25) is 4.79 Å². The maximum absolute atomic E-state index is 12.5. The Hall–Kier alpha value is -1.65. The second-order valence-corrected chi connectivity index (χ2v) is 5.47. The molecule has 0 aliphatic carbocycles. The summed E-state index contributed by atoms with van der Waals surface area (Å²) in [6, 6.07) is 6.51. The van der Waals surface area contributed by atoms with E-state index in [2.05, 4.69) is 11.7 Å². The van der Waals surface area contributed by atoms with E-state index >= 15 is 0 Å². The minimum Gasteiger partial charge on any atom is -0.369 e. The first-order valence-electron chi connectivity index (χ1n) is 6.36. The molecule has 0 bridgehead atoms. The molecule has 4 nitrogen and oxygen atoms in total. The Morgan fingerprint density at radius 2 is 2.15 bits per heavy atom. The number of aliphatic hydroxyl groups is 1. The first kappa shape index (κ1) is 14.8. The highest BCUT2D eigenvalue weighted by atomic mass is 35.5. The lowest BCUT2D eigenvalue weighted by molar-refractivity contribution is -0.0818. The highest BCUT2D eigenvalue weighted by molar-refractivity contribution is 6.30. The normalized spacial score (nSPS) is 25.5. The van der Waals surface area contributed by atoms with E-state index in [0.717, 1.165) is 10.7 Å². The molecule has 1 aliphatic rings. The highest BCUT2D eigenvalue weighted by Crippen LogP contribution is 2.34. The van der Waals surface area contributed by atoms with E-state index in [1.807, 2.05) is 0 Å². The fourth-order valence-corrected chi connectivity index (χ4v) is 2.52. The van der Waals surface area contributed by atoms with E-state index in [-0.39, 0.29) is 11.8 Å². The standard InChI is InChI=1S/C15H17ClN2O2/c1-4-5-13-10(2)17-18(15(13,3)20)14(19)11-6-8-12(16)9-7-11/h4,6-9,13,20H,1,5H2,2-3H3/t13-,15+/m0/s1. The first-order chi connectivity index (χ1) is 9.37. The number of carbonyl (C=O) groups excluding carboxylic acids is 1. The van der Waals surface area contributed by atoms with Gasteiger partial charge in [0.25, 0.3) is 5.91 Å². The van der Waals surface area contributed by atoms with E-state index in [0.29, 0.717) is 17.0 Å². The molecule has 0 saturated carbocycles. The lowest BCUT2D eigenvalue weighted by atomic mass is 9.90. The minimum atomic E-state index is -1.35. The van der Waals surface area contributed by atoms with Crippen molar-refractivity contribution in [3.05, 3.63) is 47.5 Å². The summed E-state index contributed by atoms with van der Waals surface area (Å²) in [6.45, 7) is 7.07. The van der Waals surface area contributed by atoms with Crippen molar-refractivity contribution in [2.75, 3.05) is 0 Å². The molecule has 0 spiro atoms. The van der Waals surface area contributed by atoms with Crippen LogP contribution in [0.2, 0.25) is 5.02 Å². The van der Waals surface area contributed by atoms with E-state index in [4.69, 9.17) is 11.6 Å². The molecule has 1 heterocycles. The maximum atomic E-state index is 12.5. The Labute approximate surface area is 123 Å². The summed E-state index contributed by atoms with van der Waals surface area (Å²) < 4.78 is 0. The zero-order chi connectivity index (χ0) is 14.9. The molecule has 1 aromatic rings. The topological polar surface area (TPSA) is 52.9 Å². The summed E-state index contributed by atoms with van der Waals surface area (Å²) >= 11 is 5.81. The molecule has 1 aliphatic heterocycles. The van der Waals surface area contributed by atoms with Crippen molar-refractivity contribution in [2.24, 2.45) is 11.0 Å². The summed E-state index contributed by atoms with van der Waals surface area (Å²) in [4.78, 5) is 12.5. The monoisotopic (exact) mass is 292 g/mol. The summed E-state index contributed by atoms with van der Waals surface area (Å²) in [5.41, 5.74) is -0.197. The molecule has 20 heavy (non-hydrogen) atoms. The van der Waals surface area contributed by atoms with Crippen molar-refractivity contribution in [2.45, 2.75) is 26.0 Å². The summed E-state index contributed by atoms with van der Waals surface area (Å²) in [5, 5.41) is 16.5. The molecule has 0 radical (unpaired) electrons. The van der Waals surface area contributed by atoms with Crippen LogP contribution in [0, 0.1) is 5.92 Å². The van der Waals surface area contributed by atoms with Crippen molar-refractivity contribution < 1.29 is 9.90 Å². The summed E-state index contributed by atoms with van der Waals surface area (Å²) in [6.07, 6.45) is 2.28. The molecular formula is C15H17ClN2O2. The third kappa shape index (κ3) is 2.49. The number of hydrogen-bond acceptors (Lipinski definition) is 3. The van der Waals surface area contributed by atoms with Crippen molar-refractivity contribution in [1.82, 2.24) is 5.01 Å². The maximum Gasteiger partial charge on any atom is 0.276 e. The Kier molecular flexibility index (Phi) is 3.97. The molecule has 1 amide bonds. The van der Waals surface area contributed by atoms with Gasteiger partial charge in [-0.05, 0) is 44.5 Å². The lowest BCUT2D eigenvalue weighted by Crippen LogP contribution is -2.48. The number of hydrogen-bond donors (Lipinski definition) is 1. The molecule has 5 heteroatoms. The van der Waals surface area contributed by atoms with Gasteiger partial charge in [-0.2, -0.15) is 10.1 Å². The molecule has 0 saturated heterocycles. The van der Waals surface area contributed by atoms with E-state index in [9.17, 15) is 9.90 Å². The van der Waals surface area contributed by atoms with Crippen LogP contribution in [-0.4, -0.2) is 27.5 Å². The molecule has 2 rings (SSSR count). The van der Waals surface area contributed by atoms with Crippen LogP contribution in [0.5, 0.6) is 0 Å². The van der Waals surface area contributed by atoms with Gasteiger partial charge in [-0.1, -0.05) is 17.7 Å². The van der Waals surface area contributed by atoms with Crippen LogP contribution in [0.15, 0.2) is 42.0 Å². The fraction of sp³-hybridized carbons (Fsp3) is 0.333. The molecule has 0 aromatic heterocycles. The van der Waals surface area contributed by atoms with Gasteiger partial charge in [0, 0.05) is 16.3 Å². The van der Waals surface area contributed by atoms with Gasteiger partial charge in [0.1, 0.15) is 0 Å². The van der Waals surface area contributed by atoms with Gasteiger partial charge in [0.05, 0.1) is 5.92 Å². The van der Waals surface area contributed by atoms with Crippen molar-refractivity contribution in [1.29, 1.82) is 0 Å². The van der Waals surface area contributed by atoms with Crippen molar-refractivity contribution in [3.8, 4) is 0 Å². The number of benzene rings is 1. The average molecular weight is 293 g/mol. The molecule has 0 fully saturated rings. The predicted octanol–water partition coefficient (Wildman–Crippen LogP) is 3.07. The van der Waals surface area contributed by atoms with Crippen LogP contribution in [0.3, 0.4) is 0 Å². The Morgan fingerprint density at radius 3 is 2.70 bits per heavy atom.